The number of rotatable bonds is 6. The predicted molar refractivity (Wildman–Crippen MR) is 65.4 cm³/mol. The Kier molecular flexibility index (Phi) is 5.54. The smallest absolute Gasteiger partial charge is 0.350 e. The third kappa shape index (κ3) is 5.19. The molecule has 20 heavy (non-hydrogen) atoms. The van der Waals surface area contributed by atoms with Crippen LogP contribution in [0.1, 0.15) is 11.2 Å². The average Bonchev–Trinajstić information content (AvgIpc) is 2.33. The standard InChI is InChI=1S/C9H13N2O8P/c12-4-6(19-5-20(16,17)18)3-8(14)11-2-1-7(13)10-9(11)15/h1-2,6,12H,3-5H2,(H,10,13,15)(H2,16,17,18)/t6-/m0/s1. The van der Waals surface area contributed by atoms with Crippen LogP contribution in [-0.2, 0) is 9.30 Å². The molecule has 1 atom stereocenters. The second kappa shape index (κ2) is 6.73. The van der Waals surface area contributed by atoms with Crippen LogP contribution in [0.25, 0.3) is 0 Å². The number of carbonyl (C=O) groups excluding carboxylic acids is 1. The van der Waals surface area contributed by atoms with Crippen molar-refractivity contribution >= 4 is 13.5 Å². The first-order valence-electron chi connectivity index (χ1n) is 5.35. The number of H-pyrrole nitrogens is 1. The molecular weight excluding hydrogens is 295 g/mol. The van der Waals surface area contributed by atoms with E-state index in [1.165, 1.54) is 0 Å². The van der Waals surface area contributed by atoms with E-state index in [2.05, 4.69) is 0 Å². The van der Waals surface area contributed by atoms with Gasteiger partial charge < -0.3 is 19.6 Å². The first kappa shape index (κ1) is 16.5. The van der Waals surface area contributed by atoms with E-state index < -0.39 is 50.2 Å². The molecule has 0 aromatic carbocycles. The van der Waals surface area contributed by atoms with Gasteiger partial charge in [0.15, 0.2) is 0 Å². The van der Waals surface area contributed by atoms with E-state index in [1.807, 2.05) is 4.98 Å². The van der Waals surface area contributed by atoms with Crippen LogP contribution < -0.4 is 11.2 Å². The van der Waals surface area contributed by atoms with Crippen LogP contribution in [-0.4, -0.2) is 49.4 Å². The van der Waals surface area contributed by atoms with Gasteiger partial charge in [0, 0.05) is 12.3 Å². The van der Waals surface area contributed by atoms with Crippen molar-refractivity contribution in [3.8, 4) is 0 Å². The zero-order valence-corrected chi connectivity index (χ0v) is 11.0. The molecule has 1 aromatic rings. The van der Waals surface area contributed by atoms with Gasteiger partial charge in [-0.05, 0) is 0 Å². The minimum Gasteiger partial charge on any atom is -0.394 e. The van der Waals surface area contributed by atoms with Gasteiger partial charge in [-0.15, -0.1) is 0 Å². The highest BCUT2D eigenvalue weighted by molar-refractivity contribution is 7.51. The maximum absolute atomic E-state index is 11.7. The molecular formula is C9H13N2O8P. The quantitative estimate of drug-likeness (QED) is 0.442. The monoisotopic (exact) mass is 308 g/mol. The minimum absolute atomic E-state index is 0.484. The summed E-state index contributed by atoms with van der Waals surface area (Å²) in [6.07, 6.45) is -1.65. The van der Waals surface area contributed by atoms with E-state index in [9.17, 15) is 18.9 Å². The lowest BCUT2D eigenvalue weighted by Gasteiger charge is -2.15. The van der Waals surface area contributed by atoms with Crippen molar-refractivity contribution in [1.82, 2.24) is 9.55 Å². The minimum atomic E-state index is -4.42. The molecule has 1 heterocycles. The van der Waals surface area contributed by atoms with Crippen molar-refractivity contribution in [3.05, 3.63) is 33.1 Å². The number of aromatic nitrogens is 2. The Labute approximate surface area is 111 Å². The molecule has 0 unspecified atom stereocenters. The summed E-state index contributed by atoms with van der Waals surface area (Å²) < 4.78 is 15.9. The predicted octanol–water partition coefficient (Wildman–Crippen LogP) is -1.92. The first-order chi connectivity index (χ1) is 9.23. The average molecular weight is 308 g/mol. The maximum atomic E-state index is 11.7. The summed E-state index contributed by atoms with van der Waals surface area (Å²) in [5, 5.41) is 8.96. The third-order valence-corrected chi connectivity index (χ3v) is 2.66. The number of ether oxygens (including phenoxy) is 1. The number of nitrogens with zero attached hydrogens (tertiary/aromatic N) is 1. The van der Waals surface area contributed by atoms with Crippen molar-refractivity contribution in [2.24, 2.45) is 0 Å². The molecule has 0 saturated carbocycles. The number of aliphatic hydroxyl groups excluding tert-OH is 1. The summed E-state index contributed by atoms with van der Waals surface area (Å²) in [4.78, 5) is 53.0. The Morgan fingerprint density at radius 3 is 2.60 bits per heavy atom. The lowest BCUT2D eigenvalue weighted by atomic mass is 10.2. The molecule has 0 saturated heterocycles. The number of hydrogen-bond donors (Lipinski definition) is 4. The summed E-state index contributed by atoms with van der Waals surface area (Å²) in [7, 11) is -4.42. The lowest BCUT2D eigenvalue weighted by molar-refractivity contribution is 0.0224. The number of aromatic amines is 1. The molecule has 10 nitrogen and oxygen atoms in total. The first-order valence-corrected chi connectivity index (χ1v) is 7.15. The van der Waals surface area contributed by atoms with Gasteiger partial charge in [-0.1, -0.05) is 0 Å². The summed E-state index contributed by atoms with van der Waals surface area (Å²) in [5.74, 6) is -0.795. The zero-order valence-electron chi connectivity index (χ0n) is 10.1. The number of carbonyl (C=O) groups is 1. The van der Waals surface area contributed by atoms with Gasteiger partial charge in [-0.25, -0.2) is 9.36 Å². The van der Waals surface area contributed by atoms with Crippen LogP contribution in [0.5, 0.6) is 0 Å². The molecule has 1 aromatic heterocycles. The number of aliphatic hydroxyl groups is 1. The van der Waals surface area contributed by atoms with Crippen LogP contribution in [0.3, 0.4) is 0 Å². The van der Waals surface area contributed by atoms with Crippen LogP contribution >= 0.6 is 7.60 Å². The van der Waals surface area contributed by atoms with Crippen molar-refractivity contribution in [2.45, 2.75) is 12.5 Å². The molecule has 0 aliphatic rings. The Balaban J connectivity index is 2.74. The van der Waals surface area contributed by atoms with E-state index in [4.69, 9.17) is 19.6 Å². The molecule has 0 bridgehead atoms. The largest absolute Gasteiger partial charge is 0.394 e. The Hall–Kier alpha value is -1.58. The topological polar surface area (TPSA) is 159 Å². The van der Waals surface area contributed by atoms with Gasteiger partial charge in [-0.2, -0.15) is 0 Å². The Bertz CT molecular complexity index is 629. The highest BCUT2D eigenvalue weighted by atomic mass is 31.2. The third-order valence-electron chi connectivity index (χ3n) is 2.18. The van der Waals surface area contributed by atoms with Gasteiger partial charge in [-0.3, -0.25) is 19.1 Å². The fraction of sp³-hybridized carbons (Fsp3) is 0.444. The molecule has 4 N–H and O–H groups in total. The fourth-order valence-corrected chi connectivity index (χ4v) is 1.69. The van der Waals surface area contributed by atoms with Crippen LogP contribution in [0.4, 0.5) is 0 Å². The number of hydrogen-bond acceptors (Lipinski definition) is 6. The highest BCUT2D eigenvalue weighted by Gasteiger charge is 2.21. The summed E-state index contributed by atoms with van der Waals surface area (Å²) >= 11 is 0. The summed E-state index contributed by atoms with van der Waals surface area (Å²) in [6.45, 7) is -0.663. The summed E-state index contributed by atoms with van der Waals surface area (Å²) in [6, 6.07) is 0.962. The second-order valence-corrected chi connectivity index (χ2v) is 5.43. The molecule has 0 fully saturated rings. The second-order valence-electron chi connectivity index (χ2n) is 3.84. The van der Waals surface area contributed by atoms with Gasteiger partial charge in [0.2, 0.25) is 5.91 Å². The molecule has 0 amide bonds. The SMILES string of the molecule is O=C(C[C@@H](CO)OCP(=O)(O)O)n1ccc(=O)[nH]c1=O. The lowest BCUT2D eigenvalue weighted by Crippen LogP contribution is -2.35. The van der Waals surface area contributed by atoms with Crippen molar-refractivity contribution in [3.63, 3.8) is 0 Å². The molecule has 0 aliphatic heterocycles. The molecule has 0 radical (unpaired) electrons. The van der Waals surface area contributed by atoms with E-state index in [0.717, 1.165) is 12.3 Å². The molecule has 112 valence electrons. The van der Waals surface area contributed by atoms with Gasteiger partial charge in [0.25, 0.3) is 5.56 Å². The van der Waals surface area contributed by atoms with E-state index in [0.29, 0.717) is 4.57 Å². The van der Waals surface area contributed by atoms with E-state index in [-0.39, 0.29) is 0 Å². The van der Waals surface area contributed by atoms with Gasteiger partial charge in [0.05, 0.1) is 19.1 Å². The molecule has 11 heteroatoms. The highest BCUT2D eigenvalue weighted by Crippen LogP contribution is 2.34. The zero-order chi connectivity index (χ0) is 15.3. The number of nitrogens with one attached hydrogen (secondary N) is 1. The van der Waals surface area contributed by atoms with Crippen molar-refractivity contribution in [1.29, 1.82) is 0 Å². The molecule has 0 spiro atoms. The Morgan fingerprint density at radius 2 is 2.10 bits per heavy atom. The fourth-order valence-electron chi connectivity index (χ4n) is 1.29. The van der Waals surface area contributed by atoms with Crippen LogP contribution in [0.2, 0.25) is 0 Å². The van der Waals surface area contributed by atoms with Crippen LogP contribution in [0, 0.1) is 0 Å². The Morgan fingerprint density at radius 1 is 1.45 bits per heavy atom. The summed E-state index contributed by atoms with van der Waals surface area (Å²) in [5.41, 5.74) is -1.62. The maximum Gasteiger partial charge on any atom is 0.350 e. The molecule has 1 rings (SSSR count). The van der Waals surface area contributed by atoms with Gasteiger partial charge >= 0.3 is 13.3 Å². The molecule has 0 aliphatic carbocycles. The van der Waals surface area contributed by atoms with E-state index in [1.54, 1.807) is 0 Å². The van der Waals surface area contributed by atoms with Crippen molar-refractivity contribution in [2.75, 3.05) is 13.0 Å². The van der Waals surface area contributed by atoms with Crippen LogP contribution in [0.15, 0.2) is 21.9 Å². The normalized spacial score (nSPS) is 13.2. The van der Waals surface area contributed by atoms with Crippen molar-refractivity contribution < 1.29 is 29.0 Å². The van der Waals surface area contributed by atoms with E-state index >= 15 is 0 Å². The van der Waals surface area contributed by atoms with Gasteiger partial charge in [0.1, 0.15) is 6.35 Å².